The van der Waals surface area contributed by atoms with Crippen molar-refractivity contribution in [1.29, 1.82) is 0 Å². The summed E-state index contributed by atoms with van der Waals surface area (Å²) in [5.74, 6) is 1.46. The molecule has 2 fully saturated rings. The van der Waals surface area contributed by atoms with E-state index in [-0.39, 0.29) is 0 Å². The van der Waals surface area contributed by atoms with Gasteiger partial charge in [0.25, 0.3) is 0 Å². The number of hydrogen-bond donors (Lipinski definition) is 1. The van der Waals surface area contributed by atoms with Crippen LogP contribution in [-0.4, -0.2) is 22.9 Å². The lowest BCUT2D eigenvalue weighted by Crippen LogP contribution is -2.27. The van der Waals surface area contributed by atoms with Gasteiger partial charge in [-0.25, -0.2) is 0 Å². The molecular formula is C15H25N3. The first-order valence-corrected chi connectivity index (χ1v) is 7.59. The van der Waals surface area contributed by atoms with Crippen molar-refractivity contribution in [2.45, 2.75) is 56.8 Å². The molecule has 0 radical (unpaired) electrons. The molecule has 1 aliphatic heterocycles. The largest absolute Gasteiger partial charge is 0.317 e. The summed E-state index contributed by atoms with van der Waals surface area (Å²) in [6.45, 7) is 2.32. The first-order chi connectivity index (χ1) is 8.84. The quantitative estimate of drug-likeness (QED) is 0.871. The van der Waals surface area contributed by atoms with Crippen molar-refractivity contribution in [3.8, 4) is 0 Å². The zero-order valence-electron chi connectivity index (χ0n) is 11.5. The molecule has 1 saturated carbocycles. The summed E-state index contributed by atoms with van der Waals surface area (Å²) >= 11 is 0. The molecule has 0 amide bonds. The third-order valence-corrected chi connectivity index (χ3v) is 4.72. The highest BCUT2D eigenvalue weighted by molar-refractivity contribution is 5.19. The highest BCUT2D eigenvalue weighted by atomic mass is 15.3. The Hall–Kier alpha value is -0.830. The van der Waals surface area contributed by atoms with Gasteiger partial charge in [-0.05, 0) is 44.8 Å². The summed E-state index contributed by atoms with van der Waals surface area (Å²) < 4.78 is 2.15. The molecule has 2 heterocycles. The van der Waals surface area contributed by atoms with Crippen LogP contribution in [0.5, 0.6) is 0 Å². The van der Waals surface area contributed by atoms with Crippen LogP contribution in [0.2, 0.25) is 0 Å². The van der Waals surface area contributed by atoms with Crippen LogP contribution in [0.4, 0.5) is 0 Å². The average Bonchev–Trinajstić information content (AvgIpc) is 2.83. The summed E-state index contributed by atoms with van der Waals surface area (Å²) in [6, 6.07) is 2.41. The van der Waals surface area contributed by atoms with Crippen LogP contribution in [0.3, 0.4) is 0 Å². The zero-order chi connectivity index (χ0) is 12.4. The molecule has 0 bridgehead atoms. The predicted octanol–water partition coefficient (Wildman–Crippen LogP) is 2.93. The van der Waals surface area contributed by atoms with Gasteiger partial charge in [-0.15, -0.1) is 0 Å². The molecule has 1 aliphatic carbocycles. The van der Waals surface area contributed by atoms with Crippen LogP contribution in [-0.2, 0) is 7.05 Å². The monoisotopic (exact) mass is 247 g/mol. The Kier molecular flexibility index (Phi) is 3.69. The molecule has 0 aromatic carbocycles. The molecule has 3 rings (SSSR count). The molecule has 1 aromatic rings. The van der Waals surface area contributed by atoms with Crippen molar-refractivity contribution in [1.82, 2.24) is 15.1 Å². The minimum absolute atomic E-state index is 0.723. The van der Waals surface area contributed by atoms with Crippen molar-refractivity contribution in [3.05, 3.63) is 17.5 Å². The maximum absolute atomic E-state index is 4.81. The number of piperidine rings is 1. The molecule has 0 atom stereocenters. The average molecular weight is 247 g/mol. The Morgan fingerprint density at radius 1 is 1.06 bits per heavy atom. The fourth-order valence-electron chi connectivity index (χ4n) is 3.60. The minimum atomic E-state index is 0.723. The fraction of sp³-hybridized carbons (Fsp3) is 0.800. The number of aryl methyl sites for hydroxylation is 1. The lowest BCUT2D eigenvalue weighted by molar-refractivity contribution is 0.430. The molecule has 2 aliphatic rings. The second-order valence-corrected chi connectivity index (χ2v) is 5.98. The van der Waals surface area contributed by atoms with E-state index in [1.807, 2.05) is 0 Å². The van der Waals surface area contributed by atoms with E-state index in [0.29, 0.717) is 0 Å². The van der Waals surface area contributed by atoms with Crippen molar-refractivity contribution >= 4 is 0 Å². The van der Waals surface area contributed by atoms with Crippen LogP contribution in [0.1, 0.15) is 68.2 Å². The van der Waals surface area contributed by atoms with Crippen molar-refractivity contribution < 1.29 is 0 Å². The summed E-state index contributed by atoms with van der Waals surface area (Å²) in [5.41, 5.74) is 2.84. The second kappa shape index (κ2) is 5.43. The maximum atomic E-state index is 4.81. The third-order valence-electron chi connectivity index (χ3n) is 4.72. The molecule has 100 valence electrons. The van der Waals surface area contributed by atoms with E-state index >= 15 is 0 Å². The maximum Gasteiger partial charge on any atom is 0.0658 e. The van der Waals surface area contributed by atoms with E-state index in [2.05, 4.69) is 23.1 Å². The van der Waals surface area contributed by atoms with Gasteiger partial charge >= 0.3 is 0 Å². The smallest absolute Gasteiger partial charge is 0.0658 e. The normalized spacial score (nSPS) is 23.4. The highest BCUT2D eigenvalue weighted by Crippen LogP contribution is 2.34. The Labute approximate surface area is 110 Å². The number of rotatable bonds is 2. The first-order valence-electron chi connectivity index (χ1n) is 7.59. The Bertz CT molecular complexity index is 384. The van der Waals surface area contributed by atoms with E-state index in [9.17, 15) is 0 Å². The molecule has 0 spiro atoms. The van der Waals surface area contributed by atoms with Gasteiger partial charge in [0.15, 0.2) is 0 Å². The molecule has 1 N–H and O–H groups in total. The van der Waals surface area contributed by atoms with Gasteiger partial charge in [0.1, 0.15) is 0 Å². The fourth-order valence-corrected chi connectivity index (χ4v) is 3.60. The van der Waals surface area contributed by atoms with Gasteiger partial charge in [-0.1, -0.05) is 19.3 Å². The van der Waals surface area contributed by atoms with Gasteiger partial charge in [-0.3, -0.25) is 4.68 Å². The van der Waals surface area contributed by atoms with Crippen LogP contribution < -0.4 is 5.32 Å². The zero-order valence-corrected chi connectivity index (χ0v) is 11.5. The number of aromatic nitrogens is 2. The SMILES string of the molecule is Cn1nc(C2CCCCC2)cc1C1CCNCC1. The summed E-state index contributed by atoms with van der Waals surface area (Å²) in [4.78, 5) is 0. The summed E-state index contributed by atoms with van der Waals surface area (Å²) in [6.07, 6.45) is 9.44. The molecule has 3 nitrogen and oxygen atoms in total. The van der Waals surface area contributed by atoms with Gasteiger partial charge in [0.2, 0.25) is 0 Å². The highest BCUT2D eigenvalue weighted by Gasteiger charge is 2.23. The first kappa shape index (κ1) is 12.2. The molecule has 1 aromatic heterocycles. The van der Waals surface area contributed by atoms with Crippen molar-refractivity contribution in [3.63, 3.8) is 0 Å². The molecule has 3 heteroatoms. The lowest BCUT2D eigenvalue weighted by atomic mass is 9.86. The van der Waals surface area contributed by atoms with Crippen LogP contribution in [0.25, 0.3) is 0 Å². The third kappa shape index (κ3) is 2.46. The number of hydrogen-bond acceptors (Lipinski definition) is 2. The van der Waals surface area contributed by atoms with Crippen LogP contribution in [0, 0.1) is 0 Å². The van der Waals surface area contributed by atoms with Gasteiger partial charge in [0.05, 0.1) is 5.69 Å². The Balaban J connectivity index is 1.76. The van der Waals surface area contributed by atoms with Gasteiger partial charge in [0, 0.05) is 24.6 Å². The van der Waals surface area contributed by atoms with Crippen LogP contribution in [0.15, 0.2) is 6.07 Å². The molecular weight excluding hydrogens is 222 g/mol. The van der Waals surface area contributed by atoms with Crippen LogP contribution >= 0.6 is 0 Å². The topological polar surface area (TPSA) is 29.9 Å². The van der Waals surface area contributed by atoms with Gasteiger partial charge < -0.3 is 5.32 Å². The van der Waals surface area contributed by atoms with E-state index in [4.69, 9.17) is 5.10 Å². The number of nitrogens with zero attached hydrogens (tertiary/aromatic N) is 2. The van der Waals surface area contributed by atoms with Crippen molar-refractivity contribution in [2.75, 3.05) is 13.1 Å². The minimum Gasteiger partial charge on any atom is -0.317 e. The van der Waals surface area contributed by atoms with E-state index in [1.54, 1.807) is 0 Å². The second-order valence-electron chi connectivity index (χ2n) is 5.98. The standard InChI is InChI=1S/C15H25N3/c1-18-15(13-7-9-16-10-8-13)11-14(17-18)12-5-3-2-4-6-12/h11-13,16H,2-10H2,1H3. The molecule has 0 unspecified atom stereocenters. The summed E-state index contributed by atoms with van der Waals surface area (Å²) in [5, 5.41) is 8.25. The molecule has 1 saturated heterocycles. The van der Waals surface area contributed by atoms with Crippen molar-refractivity contribution in [2.24, 2.45) is 7.05 Å². The predicted molar refractivity (Wildman–Crippen MR) is 73.9 cm³/mol. The van der Waals surface area contributed by atoms with E-state index in [1.165, 1.54) is 56.3 Å². The summed E-state index contributed by atoms with van der Waals surface area (Å²) in [7, 11) is 2.13. The molecule has 18 heavy (non-hydrogen) atoms. The van der Waals surface area contributed by atoms with E-state index < -0.39 is 0 Å². The number of nitrogens with one attached hydrogen (secondary N) is 1. The Morgan fingerprint density at radius 3 is 2.50 bits per heavy atom. The Morgan fingerprint density at radius 2 is 1.78 bits per heavy atom. The van der Waals surface area contributed by atoms with E-state index in [0.717, 1.165) is 24.9 Å². The van der Waals surface area contributed by atoms with Gasteiger partial charge in [-0.2, -0.15) is 5.10 Å². The lowest BCUT2D eigenvalue weighted by Gasteiger charge is -2.22.